The Balaban J connectivity index is 3.38. The summed E-state index contributed by atoms with van der Waals surface area (Å²) < 4.78 is 0. The first-order valence-electron chi connectivity index (χ1n) is 4.36. The van der Waals surface area contributed by atoms with E-state index in [9.17, 15) is 4.79 Å². The largest absolute Gasteiger partial charge is 0.394 e. The lowest BCUT2D eigenvalue weighted by atomic mass is 10.2. The fourth-order valence-electron chi connectivity index (χ4n) is 0.906. The molecule has 4 N–H and O–H groups in total. The van der Waals surface area contributed by atoms with Crippen molar-refractivity contribution in [1.29, 1.82) is 0 Å². The van der Waals surface area contributed by atoms with Gasteiger partial charge >= 0.3 is 0 Å². The summed E-state index contributed by atoms with van der Waals surface area (Å²) in [4.78, 5) is 10.6. The van der Waals surface area contributed by atoms with Crippen molar-refractivity contribution in [3.05, 3.63) is 0 Å². The normalized spacial score (nSPS) is 12.8. The topological polar surface area (TPSA) is 75.3 Å². The molecule has 0 fully saturated rings. The minimum absolute atomic E-state index is 0.221. The van der Waals surface area contributed by atoms with Gasteiger partial charge in [-0.05, 0) is 13.0 Å². The Morgan fingerprint density at radius 3 is 2.67 bits per heavy atom. The standard InChI is InChI=1S/C8H18N2O2/c1-2-3-4-5-10-7(6-11)8(9)12/h7,10-11H,2-6H2,1H3,(H2,9,12)/t7-/m0/s1. The van der Waals surface area contributed by atoms with E-state index in [0.717, 1.165) is 25.8 Å². The monoisotopic (exact) mass is 174 g/mol. The number of hydrogen-bond acceptors (Lipinski definition) is 3. The molecule has 0 aromatic rings. The number of aliphatic hydroxyl groups excluding tert-OH is 1. The number of primary amides is 1. The highest BCUT2D eigenvalue weighted by molar-refractivity contribution is 5.79. The maximum Gasteiger partial charge on any atom is 0.236 e. The first-order chi connectivity index (χ1) is 5.72. The third-order valence-corrected chi connectivity index (χ3v) is 1.70. The van der Waals surface area contributed by atoms with Crippen molar-refractivity contribution < 1.29 is 9.90 Å². The average molecular weight is 174 g/mol. The average Bonchev–Trinajstić information content (AvgIpc) is 2.04. The number of unbranched alkanes of at least 4 members (excludes halogenated alkanes) is 2. The number of nitrogens with two attached hydrogens (primary N) is 1. The quantitative estimate of drug-likeness (QED) is 0.460. The summed E-state index contributed by atoms with van der Waals surface area (Å²) in [5.74, 6) is -0.492. The molecule has 0 heterocycles. The minimum atomic E-state index is -0.582. The maximum atomic E-state index is 10.6. The molecule has 72 valence electrons. The molecule has 0 rings (SSSR count). The molecule has 0 aliphatic heterocycles. The molecule has 0 aliphatic carbocycles. The number of carbonyl (C=O) groups excluding carboxylic acids is 1. The lowest BCUT2D eigenvalue weighted by Gasteiger charge is -2.11. The van der Waals surface area contributed by atoms with Crippen molar-refractivity contribution in [3.8, 4) is 0 Å². The molecule has 0 unspecified atom stereocenters. The van der Waals surface area contributed by atoms with E-state index >= 15 is 0 Å². The first kappa shape index (κ1) is 11.4. The van der Waals surface area contributed by atoms with E-state index in [1.54, 1.807) is 0 Å². The summed E-state index contributed by atoms with van der Waals surface area (Å²) in [5.41, 5.74) is 5.00. The lowest BCUT2D eigenvalue weighted by molar-refractivity contribution is -0.120. The molecule has 0 saturated carbocycles. The number of carbonyl (C=O) groups is 1. The second kappa shape index (κ2) is 7.06. The second-order valence-corrected chi connectivity index (χ2v) is 2.80. The van der Waals surface area contributed by atoms with Gasteiger partial charge in [-0.1, -0.05) is 19.8 Å². The Bertz CT molecular complexity index is 128. The molecular weight excluding hydrogens is 156 g/mol. The second-order valence-electron chi connectivity index (χ2n) is 2.80. The summed E-state index contributed by atoms with van der Waals surface area (Å²) >= 11 is 0. The van der Waals surface area contributed by atoms with Crippen LogP contribution in [0.2, 0.25) is 0 Å². The van der Waals surface area contributed by atoms with E-state index in [2.05, 4.69) is 12.2 Å². The summed E-state index contributed by atoms with van der Waals surface area (Å²) in [6.45, 7) is 2.63. The van der Waals surface area contributed by atoms with Crippen molar-refractivity contribution in [3.63, 3.8) is 0 Å². The van der Waals surface area contributed by atoms with Crippen molar-refractivity contribution in [2.24, 2.45) is 5.73 Å². The molecule has 0 aromatic heterocycles. The van der Waals surface area contributed by atoms with Gasteiger partial charge in [0, 0.05) is 0 Å². The predicted octanol–water partition coefficient (Wildman–Crippen LogP) is -0.388. The number of aliphatic hydroxyl groups is 1. The maximum absolute atomic E-state index is 10.6. The Kier molecular flexibility index (Phi) is 6.70. The fraction of sp³-hybridized carbons (Fsp3) is 0.875. The Morgan fingerprint density at radius 1 is 1.58 bits per heavy atom. The molecule has 1 atom stereocenters. The van der Waals surface area contributed by atoms with Gasteiger partial charge in [0.05, 0.1) is 6.61 Å². The predicted molar refractivity (Wildman–Crippen MR) is 47.6 cm³/mol. The Hall–Kier alpha value is -0.610. The molecule has 0 aliphatic rings. The van der Waals surface area contributed by atoms with E-state index in [1.165, 1.54) is 0 Å². The molecule has 0 bridgehead atoms. The summed E-state index contributed by atoms with van der Waals surface area (Å²) in [6, 6.07) is -0.582. The molecule has 4 nitrogen and oxygen atoms in total. The van der Waals surface area contributed by atoms with E-state index in [4.69, 9.17) is 10.8 Å². The van der Waals surface area contributed by atoms with Gasteiger partial charge in [0.25, 0.3) is 0 Å². The molecule has 4 heteroatoms. The van der Waals surface area contributed by atoms with Crippen molar-refractivity contribution in [2.45, 2.75) is 32.2 Å². The van der Waals surface area contributed by atoms with Crippen LogP contribution in [0.4, 0.5) is 0 Å². The van der Waals surface area contributed by atoms with Gasteiger partial charge in [-0.15, -0.1) is 0 Å². The fourth-order valence-corrected chi connectivity index (χ4v) is 0.906. The smallest absolute Gasteiger partial charge is 0.236 e. The third kappa shape index (κ3) is 5.09. The summed E-state index contributed by atoms with van der Waals surface area (Å²) in [7, 11) is 0. The molecule has 0 saturated heterocycles. The third-order valence-electron chi connectivity index (χ3n) is 1.70. The lowest BCUT2D eigenvalue weighted by Crippen LogP contribution is -2.44. The zero-order valence-electron chi connectivity index (χ0n) is 7.55. The van der Waals surface area contributed by atoms with Crippen molar-refractivity contribution in [1.82, 2.24) is 5.32 Å². The first-order valence-corrected chi connectivity index (χ1v) is 4.36. The zero-order valence-corrected chi connectivity index (χ0v) is 7.55. The van der Waals surface area contributed by atoms with E-state index < -0.39 is 11.9 Å². The van der Waals surface area contributed by atoms with Crippen LogP contribution in [0.25, 0.3) is 0 Å². The van der Waals surface area contributed by atoms with E-state index in [1.807, 2.05) is 0 Å². The number of nitrogens with one attached hydrogen (secondary N) is 1. The highest BCUT2D eigenvalue weighted by Crippen LogP contribution is 1.92. The number of rotatable bonds is 7. The van der Waals surface area contributed by atoms with Crippen LogP contribution >= 0.6 is 0 Å². The van der Waals surface area contributed by atoms with Gasteiger partial charge in [-0.25, -0.2) is 0 Å². The van der Waals surface area contributed by atoms with Gasteiger partial charge in [0.1, 0.15) is 6.04 Å². The van der Waals surface area contributed by atoms with Gasteiger partial charge in [0.15, 0.2) is 0 Å². The summed E-state index contributed by atoms with van der Waals surface area (Å²) in [5, 5.41) is 11.6. The highest BCUT2D eigenvalue weighted by Gasteiger charge is 2.11. The van der Waals surface area contributed by atoms with Gasteiger partial charge in [0.2, 0.25) is 5.91 Å². The Morgan fingerprint density at radius 2 is 2.25 bits per heavy atom. The molecule has 0 aromatic carbocycles. The van der Waals surface area contributed by atoms with Crippen LogP contribution < -0.4 is 11.1 Å². The molecule has 1 amide bonds. The van der Waals surface area contributed by atoms with Crippen LogP contribution in [0, 0.1) is 0 Å². The van der Waals surface area contributed by atoms with Crippen molar-refractivity contribution >= 4 is 5.91 Å². The Labute approximate surface area is 73.1 Å². The van der Waals surface area contributed by atoms with Gasteiger partial charge < -0.3 is 16.2 Å². The van der Waals surface area contributed by atoms with Crippen LogP contribution in [-0.2, 0) is 4.79 Å². The molecule has 12 heavy (non-hydrogen) atoms. The zero-order chi connectivity index (χ0) is 9.40. The molecular formula is C8H18N2O2. The minimum Gasteiger partial charge on any atom is -0.394 e. The number of hydrogen-bond donors (Lipinski definition) is 3. The van der Waals surface area contributed by atoms with Gasteiger partial charge in [-0.3, -0.25) is 4.79 Å². The highest BCUT2D eigenvalue weighted by atomic mass is 16.3. The van der Waals surface area contributed by atoms with Crippen LogP contribution in [0.5, 0.6) is 0 Å². The van der Waals surface area contributed by atoms with Crippen molar-refractivity contribution in [2.75, 3.05) is 13.2 Å². The summed E-state index contributed by atoms with van der Waals surface area (Å²) in [6.07, 6.45) is 3.28. The van der Waals surface area contributed by atoms with Crippen LogP contribution in [0.15, 0.2) is 0 Å². The number of amides is 1. The molecule has 0 radical (unpaired) electrons. The van der Waals surface area contributed by atoms with Gasteiger partial charge in [-0.2, -0.15) is 0 Å². The molecule has 0 spiro atoms. The van der Waals surface area contributed by atoms with Crippen LogP contribution in [0.3, 0.4) is 0 Å². The van der Waals surface area contributed by atoms with Crippen LogP contribution in [0.1, 0.15) is 26.2 Å². The van der Waals surface area contributed by atoms with Crippen LogP contribution in [-0.4, -0.2) is 30.2 Å². The van der Waals surface area contributed by atoms with E-state index in [-0.39, 0.29) is 6.61 Å². The van der Waals surface area contributed by atoms with E-state index in [0.29, 0.717) is 0 Å². The SMILES string of the molecule is CCCCCN[C@@H](CO)C(N)=O.